The molecule has 0 spiro atoms. The largest absolute Gasteiger partial charge is 0.324 e. The van der Waals surface area contributed by atoms with Crippen LogP contribution in [-0.4, -0.2) is 10.9 Å². The lowest BCUT2D eigenvalue weighted by Crippen LogP contribution is -2.21. The molecule has 0 saturated heterocycles. The normalized spacial score (nSPS) is 16.3. The van der Waals surface area contributed by atoms with Gasteiger partial charge in [-0.05, 0) is 43.4 Å². The van der Waals surface area contributed by atoms with Gasteiger partial charge in [-0.2, -0.15) is 0 Å². The number of amides is 1. The van der Waals surface area contributed by atoms with E-state index in [-0.39, 0.29) is 24.4 Å². The van der Waals surface area contributed by atoms with Gasteiger partial charge in [-0.3, -0.25) is 4.79 Å². The van der Waals surface area contributed by atoms with Crippen LogP contribution in [0.2, 0.25) is 0 Å². The summed E-state index contributed by atoms with van der Waals surface area (Å²) in [6.07, 6.45) is 5.92. The van der Waals surface area contributed by atoms with E-state index in [1.54, 1.807) is 6.20 Å². The molecule has 0 aliphatic heterocycles. The zero-order valence-electron chi connectivity index (χ0n) is 10.6. The Hall–Kier alpha value is -1.13. The SMILES string of the molecule is CC(N)c1ccnc(NC(=O)CC2CCC2)c1.Cl. The van der Waals surface area contributed by atoms with Crippen LogP contribution in [0.15, 0.2) is 18.3 Å². The van der Waals surface area contributed by atoms with Gasteiger partial charge in [0.2, 0.25) is 5.91 Å². The van der Waals surface area contributed by atoms with Gasteiger partial charge in [0.15, 0.2) is 0 Å². The van der Waals surface area contributed by atoms with Crippen molar-refractivity contribution in [1.29, 1.82) is 0 Å². The van der Waals surface area contributed by atoms with Crippen molar-refractivity contribution in [3.8, 4) is 0 Å². The van der Waals surface area contributed by atoms with Crippen LogP contribution >= 0.6 is 12.4 Å². The van der Waals surface area contributed by atoms with Crippen molar-refractivity contribution in [1.82, 2.24) is 4.98 Å². The van der Waals surface area contributed by atoms with Gasteiger partial charge in [0.25, 0.3) is 0 Å². The van der Waals surface area contributed by atoms with Gasteiger partial charge in [0.05, 0.1) is 0 Å². The van der Waals surface area contributed by atoms with Crippen LogP contribution in [0.3, 0.4) is 0 Å². The lowest BCUT2D eigenvalue weighted by atomic mass is 9.83. The van der Waals surface area contributed by atoms with E-state index in [0.29, 0.717) is 18.2 Å². The second kappa shape index (κ2) is 6.71. The zero-order chi connectivity index (χ0) is 12.3. The molecule has 5 heteroatoms. The van der Waals surface area contributed by atoms with E-state index in [1.165, 1.54) is 19.3 Å². The highest BCUT2D eigenvalue weighted by Crippen LogP contribution is 2.29. The summed E-state index contributed by atoms with van der Waals surface area (Å²) in [5, 5.41) is 2.83. The Kier molecular flexibility index (Phi) is 5.56. The van der Waals surface area contributed by atoms with E-state index in [2.05, 4.69) is 10.3 Å². The first kappa shape index (κ1) is 14.9. The summed E-state index contributed by atoms with van der Waals surface area (Å²) >= 11 is 0. The van der Waals surface area contributed by atoms with E-state index in [0.717, 1.165) is 5.56 Å². The molecule has 1 aliphatic carbocycles. The van der Waals surface area contributed by atoms with Gasteiger partial charge < -0.3 is 11.1 Å². The van der Waals surface area contributed by atoms with Crippen molar-refractivity contribution in [2.75, 3.05) is 5.32 Å². The van der Waals surface area contributed by atoms with Crippen LogP contribution in [0.4, 0.5) is 5.82 Å². The zero-order valence-corrected chi connectivity index (χ0v) is 11.4. The average molecular weight is 270 g/mol. The first-order valence-corrected chi connectivity index (χ1v) is 6.16. The average Bonchev–Trinajstić information content (AvgIpc) is 2.24. The molecule has 100 valence electrons. The molecule has 1 saturated carbocycles. The number of nitrogens with zero attached hydrogens (tertiary/aromatic N) is 1. The molecule has 1 unspecified atom stereocenters. The summed E-state index contributed by atoms with van der Waals surface area (Å²) in [6.45, 7) is 1.91. The number of pyridine rings is 1. The molecule has 1 aromatic heterocycles. The first-order chi connectivity index (χ1) is 8.15. The molecule has 1 amide bonds. The number of carbonyl (C=O) groups is 1. The van der Waals surface area contributed by atoms with Gasteiger partial charge in [-0.15, -0.1) is 12.4 Å². The molecule has 3 N–H and O–H groups in total. The topological polar surface area (TPSA) is 68.0 Å². The Morgan fingerprint density at radius 3 is 2.89 bits per heavy atom. The summed E-state index contributed by atoms with van der Waals surface area (Å²) in [4.78, 5) is 15.8. The molecule has 0 radical (unpaired) electrons. The smallest absolute Gasteiger partial charge is 0.225 e. The minimum atomic E-state index is -0.0414. The second-order valence-corrected chi connectivity index (χ2v) is 4.81. The van der Waals surface area contributed by atoms with Crippen LogP contribution < -0.4 is 11.1 Å². The Bertz CT molecular complexity index is 405. The summed E-state index contributed by atoms with van der Waals surface area (Å²) in [7, 11) is 0. The van der Waals surface area contributed by atoms with Crippen LogP contribution in [0, 0.1) is 5.92 Å². The van der Waals surface area contributed by atoms with E-state index in [4.69, 9.17) is 5.73 Å². The van der Waals surface area contributed by atoms with Crippen molar-refractivity contribution >= 4 is 24.1 Å². The van der Waals surface area contributed by atoms with Crippen molar-refractivity contribution in [3.63, 3.8) is 0 Å². The Morgan fingerprint density at radius 1 is 1.61 bits per heavy atom. The van der Waals surface area contributed by atoms with E-state index >= 15 is 0 Å². The van der Waals surface area contributed by atoms with Gasteiger partial charge in [0, 0.05) is 18.7 Å². The van der Waals surface area contributed by atoms with Gasteiger partial charge in [-0.25, -0.2) is 4.98 Å². The van der Waals surface area contributed by atoms with Crippen LogP contribution in [0.5, 0.6) is 0 Å². The maximum atomic E-state index is 11.7. The molecule has 0 bridgehead atoms. The molecule has 18 heavy (non-hydrogen) atoms. The highest BCUT2D eigenvalue weighted by atomic mass is 35.5. The van der Waals surface area contributed by atoms with E-state index in [1.807, 2.05) is 19.1 Å². The number of nitrogens with one attached hydrogen (secondary N) is 1. The van der Waals surface area contributed by atoms with Crippen molar-refractivity contribution in [2.45, 2.75) is 38.6 Å². The van der Waals surface area contributed by atoms with Crippen molar-refractivity contribution in [3.05, 3.63) is 23.9 Å². The minimum absolute atomic E-state index is 0. The lowest BCUT2D eigenvalue weighted by molar-refractivity contribution is -0.117. The standard InChI is InChI=1S/C13H19N3O.ClH/c1-9(14)11-5-6-15-12(8-11)16-13(17)7-10-3-2-4-10;/h5-6,8-10H,2-4,7,14H2,1H3,(H,15,16,17);1H. The van der Waals surface area contributed by atoms with Crippen LogP contribution in [0.1, 0.15) is 44.2 Å². The monoisotopic (exact) mass is 269 g/mol. The molecular weight excluding hydrogens is 250 g/mol. The van der Waals surface area contributed by atoms with Crippen molar-refractivity contribution < 1.29 is 4.79 Å². The van der Waals surface area contributed by atoms with Crippen LogP contribution in [-0.2, 0) is 4.79 Å². The molecule has 0 aromatic carbocycles. The predicted octanol–water partition coefficient (Wildman–Crippen LogP) is 2.65. The number of aromatic nitrogens is 1. The minimum Gasteiger partial charge on any atom is -0.324 e. The van der Waals surface area contributed by atoms with E-state index in [9.17, 15) is 4.79 Å². The maximum Gasteiger partial charge on any atom is 0.225 e. The number of halogens is 1. The summed E-state index contributed by atoms with van der Waals surface area (Å²) in [6, 6.07) is 3.66. The molecule has 1 atom stereocenters. The third-order valence-corrected chi connectivity index (χ3v) is 3.28. The third kappa shape index (κ3) is 3.96. The molecule has 2 rings (SSSR count). The number of anilines is 1. The fourth-order valence-electron chi connectivity index (χ4n) is 1.95. The Morgan fingerprint density at radius 2 is 2.33 bits per heavy atom. The van der Waals surface area contributed by atoms with Crippen LogP contribution in [0.25, 0.3) is 0 Å². The van der Waals surface area contributed by atoms with Crippen molar-refractivity contribution in [2.24, 2.45) is 11.7 Å². The third-order valence-electron chi connectivity index (χ3n) is 3.28. The maximum absolute atomic E-state index is 11.7. The molecule has 1 fully saturated rings. The first-order valence-electron chi connectivity index (χ1n) is 6.16. The van der Waals surface area contributed by atoms with Gasteiger partial charge >= 0.3 is 0 Å². The lowest BCUT2D eigenvalue weighted by Gasteiger charge is -2.24. The number of hydrogen-bond donors (Lipinski definition) is 2. The quantitative estimate of drug-likeness (QED) is 0.883. The molecule has 1 heterocycles. The molecule has 1 aromatic rings. The molecule has 1 aliphatic rings. The van der Waals surface area contributed by atoms with Gasteiger partial charge in [-0.1, -0.05) is 6.42 Å². The van der Waals surface area contributed by atoms with Gasteiger partial charge in [0.1, 0.15) is 5.82 Å². The fourth-order valence-corrected chi connectivity index (χ4v) is 1.95. The summed E-state index contributed by atoms with van der Waals surface area (Å²) < 4.78 is 0. The van der Waals surface area contributed by atoms with E-state index < -0.39 is 0 Å². The molecular formula is C13H20ClN3O. The number of hydrogen-bond acceptors (Lipinski definition) is 3. The number of nitrogens with two attached hydrogens (primary N) is 1. The molecule has 4 nitrogen and oxygen atoms in total. The predicted molar refractivity (Wildman–Crippen MR) is 74.7 cm³/mol. The number of rotatable bonds is 4. The highest BCUT2D eigenvalue weighted by molar-refractivity contribution is 5.90. The number of carbonyl (C=O) groups excluding carboxylic acids is 1. The fraction of sp³-hybridized carbons (Fsp3) is 0.538. The Labute approximate surface area is 114 Å². The summed E-state index contributed by atoms with van der Waals surface area (Å²) in [5.41, 5.74) is 6.77. The highest BCUT2D eigenvalue weighted by Gasteiger charge is 2.20. The second-order valence-electron chi connectivity index (χ2n) is 4.81. The Balaban J connectivity index is 0.00000162. The summed E-state index contributed by atoms with van der Waals surface area (Å²) in [5.74, 6) is 1.24.